The van der Waals surface area contributed by atoms with Gasteiger partial charge < -0.3 is 0 Å². The molecule has 21 heavy (non-hydrogen) atoms. The van der Waals surface area contributed by atoms with Crippen LogP contribution in [0, 0.1) is 6.92 Å². The minimum Gasteiger partial charge on any atom is -0.298 e. The summed E-state index contributed by atoms with van der Waals surface area (Å²) in [6, 6.07) is 8.25. The minimum atomic E-state index is 0.215. The Morgan fingerprint density at radius 1 is 1.33 bits per heavy atom. The number of carbonyl (C=O) groups is 1. The van der Waals surface area contributed by atoms with Crippen molar-refractivity contribution in [3.63, 3.8) is 0 Å². The smallest absolute Gasteiger partial charge is 0.149 e. The second-order valence-corrected chi connectivity index (χ2v) is 6.84. The van der Waals surface area contributed by atoms with Gasteiger partial charge in [0.25, 0.3) is 0 Å². The minimum absolute atomic E-state index is 0.215. The van der Waals surface area contributed by atoms with Gasteiger partial charge in [-0.15, -0.1) is 11.8 Å². The van der Waals surface area contributed by atoms with Gasteiger partial charge in [0.1, 0.15) is 5.78 Å². The molecule has 112 valence electrons. The molecule has 1 aromatic carbocycles. The van der Waals surface area contributed by atoms with E-state index in [1.807, 2.05) is 7.05 Å². The first kappa shape index (κ1) is 16.3. The number of aromatic nitrogens is 2. The molecule has 0 aliphatic rings. The summed E-state index contributed by atoms with van der Waals surface area (Å²) in [5.74, 6) is 0.703. The first-order valence-corrected chi connectivity index (χ1v) is 8.70. The molecule has 3 nitrogen and oxygen atoms in total. The van der Waals surface area contributed by atoms with E-state index < -0.39 is 0 Å². The Morgan fingerprint density at radius 3 is 2.57 bits per heavy atom. The predicted octanol–water partition coefficient (Wildman–Crippen LogP) is 3.96. The third kappa shape index (κ3) is 4.20. The Balaban J connectivity index is 1.96. The molecule has 0 unspecified atom stereocenters. The van der Waals surface area contributed by atoms with E-state index in [0.717, 1.165) is 27.2 Å². The van der Waals surface area contributed by atoms with Crippen LogP contribution >= 0.6 is 27.7 Å². The van der Waals surface area contributed by atoms with Crippen LogP contribution in [0.4, 0.5) is 0 Å². The van der Waals surface area contributed by atoms with Crippen molar-refractivity contribution in [3.05, 3.63) is 45.7 Å². The van der Waals surface area contributed by atoms with E-state index in [1.54, 1.807) is 16.4 Å². The number of rotatable bonds is 6. The Bertz CT molecular complexity index is 634. The summed E-state index contributed by atoms with van der Waals surface area (Å²) in [7, 11) is 1.89. The van der Waals surface area contributed by atoms with Crippen LogP contribution in [0.25, 0.3) is 0 Å². The number of carbonyl (C=O) groups excluding carboxylic acids is 1. The molecule has 0 spiro atoms. The standard InChI is InChI=1S/C16H19BrN2OS/c1-4-14-16(17)15(19(3)18-14)9-12(20)10-21-13-7-5-11(2)6-8-13/h5-8H,4,9-10H2,1-3H3. The van der Waals surface area contributed by atoms with Crippen LogP contribution in [0.3, 0.4) is 0 Å². The highest BCUT2D eigenvalue weighted by Gasteiger charge is 2.15. The summed E-state index contributed by atoms with van der Waals surface area (Å²) in [6.07, 6.45) is 1.28. The van der Waals surface area contributed by atoms with E-state index in [9.17, 15) is 4.79 Å². The van der Waals surface area contributed by atoms with Crippen LogP contribution in [0.1, 0.15) is 23.9 Å². The molecular weight excluding hydrogens is 348 g/mol. The van der Waals surface area contributed by atoms with Crippen molar-refractivity contribution in [2.24, 2.45) is 7.05 Å². The zero-order valence-electron chi connectivity index (χ0n) is 12.5. The average Bonchev–Trinajstić information content (AvgIpc) is 2.74. The van der Waals surface area contributed by atoms with E-state index in [2.05, 4.69) is 59.1 Å². The van der Waals surface area contributed by atoms with Crippen LogP contribution in [0.5, 0.6) is 0 Å². The van der Waals surface area contributed by atoms with Gasteiger partial charge in [0.15, 0.2) is 0 Å². The summed E-state index contributed by atoms with van der Waals surface area (Å²) < 4.78 is 2.78. The molecule has 1 heterocycles. The van der Waals surface area contributed by atoms with Crippen LogP contribution in [-0.2, 0) is 24.7 Å². The molecule has 0 aliphatic carbocycles. The molecule has 0 fully saturated rings. The maximum absolute atomic E-state index is 12.2. The highest BCUT2D eigenvalue weighted by Crippen LogP contribution is 2.23. The molecule has 0 atom stereocenters. The third-order valence-electron chi connectivity index (χ3n) is 3.29. The molecule has 0 bridgehead atoms. The zero-order chi connectivity index (χ0) is 15.4. The van der Waals surface area contributed by atoms with Gasteiger partial charge in [-0.3, -0.25) is 9.48 Å². The number of aryl methyl sites for hydroxylation is 3. The van der Waals surface area contributed by atoms with E-state index in [1.165, 1.54) is 5.56 Å². The maximum Gasteiger partial charge on any atom is 0.149 e. The first-order chi connectivity index (χ1) is 10.0. The Hall–Kier alpha value is -1.07. The highest BCUT2D eigenvalue weighted by atomic mass is 79.9. The second kappa shape index (κ2) is 7.27. The second-order valence-electron chi connectivity index (χ2n) is 5.00. The predicted molar refractivity (Wildman–Crippen MR) is 90.9 cm³/mol. The summed E-state index contributed by atoms with van der Waals surface area (Å²) in [6.45, 7) is 4.12. The van der Waals surface area contributed by atoms with Gasteiger partial charge in [0.05, 0.1) is 28.0 Å². The van der Waals surface area contributed by atoms with Gasteiger partial charge >= 0.3 is 0 Å². The van der Waals surface area contributed by atoms with Crippen LogP contribution in [0.15, 0.2) is 33.6 Å². The lowest BCUT2D eigenvalue weighted by atomic mass is 10.2. The number of hydrogen-bond acceptors (Lipinski definition) is 3. The lowest BCUT2D eigenvalue weighted by Crippen LogP contribution is -2.10. The monoisotopic (exact) mass is 366 g/mol. The molecule has 0 N–H and O–H groups in total. The topological polar surface area (TPSA) is 34.9 Å². The summed E-state index contributed by atoms with van der Waals surface area (Å²) >= 11 is 5.14. The van der Waals surface area contributed by atoms with Crippen molar-refractivity contribution >= 4 is 33.5 Å². The number of thioether (sulfide) groups is 1. The van der Waals surface area contributed by atoms with Crippen LogP contribution < -0.4 is 0 Å². The molecule has 0 saturated carbocycles. The van der Waals surface area contributed by atoms with Gasteiger partial charge in [0, 0.05) is 11.9 Å². The molecule has 1 aromatic heterocycles. The number of halogens is 1. The lowest BCUT2D eigenvalue weighted by Gasteiger charge is -2.04. The van der Waals surface area contributed by atoms with Gasteiger partial charge in [-0.25, -0.2) is 0 Å². The first-order valence-electron chi connectivity index (χ1n) is 6.92. The number of hydrogen-bond donors (Lipinski definition) is 0. The van der Waals surface area contributed by atoms with E-state index in [0.29, 0.717) is 12.2 Å². The molecule has 2 rings (SSSR count). The van der Waals surface area contributed by atoms with Crippen molar-refractivity contribution in [2.75, 3.05) is 5.75 Å². The van der Waals surface area contributed by atoms with E-state index in [4.69, 9.17) is 0 Å². The Labute approximate surface area is 138 Å². The van der Waals surface area contributed by atoms with Crippen molar-refractivity contribution in [2.45, 2.75) is 31.6 Å². The molecule has 0 aliphatic heterocycles. The Kier molecular flexibility index (Phi) is 5.65. The molecular formula is C16H19BrN2OS. The lowest BCUT2D eigenvalue weighted by molar-refractivity contribution is -0.116. The van der Waals surface area contributed by atoms with Crippen LogP contribution in [-0.4, -0.2) is 21.3 Å². The van der Waals surface area contributed by atoms with Crippen molar-refractivity contribution < 1.29 is 4.79 Å². The number of nitrogens with zero attached hydrogens (tertiary/aromatic N) is 2. The fraction of sp³-hybridized carbons (Fsp3) is 0.375. The van der Waals surface area contributed by atoms with E-state index >= 15 is 0 Å². The largest absolute Gasteiger partial charge is 0.298 e. The van der Waals surface area contributed by atoms with Crippen LogP contribution in [0.2, 0.25) is 0 Å². The fourth-order valence-corrected chi connectivity index (χ4v) is 3.56. The summed E-state index contributed by atoms with van der Waals surface area (Å²) in [5.41, 5.74) is 3.20. The summed E-state index contributed by atoms with van der Waals surface area (Å²) in [4.78, 5) is 13.3. The third-order valence-corrected chi connectivity index (χ3v) is 5.28. The average molecular weight is 367 g/mol. The Morgan fingerprint density at radius 2 is 2.00 bits per heavy atom. The van der Waals surface area contributed by atoms with Crippen molar-refractivity contribution in [1.29, 1.82) is 0 Å². The van der Waals surface area contributed by atoms with Gasteiger partial charge in [-0.2, -0.15) is 5.10 Å². The SMILES string of the molecule is CCc1nn(C)c(CC(=O)CSc2ccc(C)cc2)c1Br. The molecule has 5 heteroatoms. The quantitative estimate of drug-likeness (QED) is 0.725. The number of benzene rings is 1. The maximum atomic E-state index is 12.2. The fourth-order valence-electron chi connectivity index (χ4n) is 2.05. The normalized spacial score (nSPS) is 10.9. The van der Waals surface area contributed by atoms with Gasteiger partial charge in [-0.1, -0.05) is 24.6 Å². The molecule has 0 saturated heterocycles. The molecule has 0 radical (unpaired) electrons. The number of Topliss-reactive ketones (excluding diaryl/α,β-unsaturated/α-hetero) is 1. The van der Waals surface area contributed by atoms with Crippen molar-refractivity contribution in [3.8, 4) is 0 Å². The molecule has 2 aromatic rings. The van der Waals surface area contributed by atoms with E-state index in [-0.39, 0.29) is 5.78 Å². The van der Waals surface area contributed by atoms with Gasteiger partial charge in [0.2, 0.25) is 0 Å². The van der Waals surface area contributed by atoms with Crippen molar-refractivity contribution in [1.82, 2.24) is 9.78 Å². The highest BCUT2D eigenvalue weighted by molar-refractivity contribution is 9.10. The zero-order valence-corrected chi connectivity index (χ0v) is 14.9. The summed E-state index contributed by atoms with van der Waals surface area (Å²) in [5, 5.41) is 4.42. The molecule has 0 amide bonds. The van der Waals surface area contributed by atoms with Gasteiger partial charge in [-0.05, 0) is 41.4 Å². The number of ketones is 1.